The standard InChI is InChI=1S/C23H25N5O3/c1-4-24-20-13-21(26-15(3)25-20)27-16-9-11-17(12-10-16)28-23(29)22-14(2)30-18-7-5-6-8-19(18)31-22/h5-14,22H,4H2,1-3H3,(H,28,29)(H2,24,25,26,27). The predicted molar refractivity (Wildman–Crippen MR) is 120 cm³/mol. The summed E-state index contributed by atoms with van der Waals surface area (Å²) < 4.78 is 11.7. The fourth-order valence-corrected chi connectivity index (χ4v) is 3.31. The highest BCUT2D eigenvalue weighted by atomic mass is 16.6. The lowest BCUT2D eigenvalue weighted by Gasteiger charge is -2.31. The first-order valence-corrected chi connectivity index (χ1v) is 10.2. The number of ether oxygens (including phenoxy) is 2. The van der Waals surface area contributed by atoms with Crippen molar-refractivity contribution < 1.29 is 14.3 Å². The van der Waals surface area contributed by atoms with Gasteiger partial charge in [-0.2, -0.15) is 0 Å². The molecule has 0 bridgehead atoms. The molecule has 2 unspecified atom stereocenters. The maximum Gasteiger partial charge on any atom is 0.269 e. The van der Waals surface area contributed by atoms with Crippen LogP contribution in [0.2, 0.25) is 0 Å². The van der Waals surface area contributed by atoms with Gasteiger partial charge in [-0.15, -0.1) is 0 Å². The van der Waals surface area contributed by atoms with Crippen molar-refractivity contribution in [3.8, 4) is 11.5 Å². The van der Waals surface area contributed by atoms with Crippen molar-refractivity contribution in [2.75, 3.05) is 22.5 Å². The van der Waals surface area contributed by atoms with Crippen molar-refractivity contribution >= 4 is 28.9 Å². The van der Waals surface area contributed by atoms with E-state index in [2.05, 4.69) is 25.9 Å². The Bertz CT molecular complexity index is 1070. The van der Waals surface area contributed by atoms with E-state index in [0.29, 0.717) is 28.8 Å². The molecule has 1 aliphatic rings. The number of hydrogen-bond acceptors (Lipinski definition) is 7. The number of hydrogen-bond donors (Lipinski definition) is 3. The second-order valence-corrected chi connectivity index (χ2v) is 7.22. The van der Waals surface area contributed by atoms with Crippen molar-refractivity contribution in [1.29, 1.82) is 0 Å². The van der Waals surface area contributed by atoms with Crippen LogP contribution in [0.15, 0.2) is 54.6 Å². The van der Waals surface area contributed by atoms with Gasteiger partial charge in [0.05, 0.1) is 0 Å². The summed E-state index contributed by atoms with van der Waals surface area (Å²) in [5.74, 6) is 3.09. The lowest BCUT2D eigenvalue weighted by atomic mass is 10.1. The van der Waals surface area contributed by atoms with Crippen LogP contribution in [0.5, 0.6) is 11.5 Å². The largest absolute Gasteiger partial charge is 0.482 e. The Morgan fingerprint density at radius 1 is 0.968 bits per heavy atom. The number of anilines is 4. The van der Waals surface area contributed by atoms with Crippen LogP contribution in [0, 0.1) is 6.92 Å². The van der Waals surface area contributed by atoms with Crippen LogP contribution < -0.4 is 25.4 Å². The minimum atomic E-state index is -0.735. The summed E-state index contributed by atoms with van der Waals surface area (Å²) in [6.07, 6.45) is -1.14. The number of nitrogens with zero attached hydrogens (tertiary/aromatic N) is 2. The van der Waals surface area contributed by atoms with E-state index in [1.807, 2.05) is 69.3 Å². The molecule has 1 aliphatic heterocycles. The number of fused-ring (bicyclic) bond motifs is 1. The molecule has 3 aromatic rings. The number of amides is 1. The van der Waals surface area contributed by atoms with Crippen LogP contribution in [0.4, 0.5) is 23.0 Å². The monoisotopic (exact) mass is 419 g/mol. The van der Waals surface area contributed by atoms with E-state index >= 15 is 0 Å². The summed E-state index contributed by atoms with van der Waals surface area (Å²) in [5.41, 5.74) is 1.51. The number of benzene rings is 2. The highest BCUT2D eigenvalue weighted by Gasteiger charge is 2.34. The molecular weight excluding hydrogens is 394 g/mol. The molecule has 0 saturated carbocycles. The zero-order valence-corrected chi connectivity index (χ0v) is 17.7. The average Bonchev–Trinajstić information content (AvgIpc) is 2.74. The van der Waals surface area contributed by atoms with Crippen molar-refractivity contribution in [3.05, 3.63) is 60.4 Å². The number of aryl methyl sites for hydroxylation is 1. The zero-order valence-electron chi connectivity index (χ0n) is 17.7. The van der Waals surface area contributed by atoms with E-state index in [0.717, 1.165) is 18.1 Å². The first-order valence-electron chi connectivity index (χ1n) is 10.2. The van der Waals surface area contributed by atoms with E-state index in [-0.39, 0.29) is 5.91 Å². The van der Waals surface area contributed by atoms with Crippen LogP contribution in [0.25, 0.3) is 0 Å². The highest BCUT2D eigenvalue weighted by Crippen LogP contribution is 2.33. The van der Waals surface area contributed by atoms with Crippen molar-refractivity contribution in [1.82, 2.24) is 9.97 Å². The van der Waals surface area contributed by atoms with Gasteiger partial charge in [-0.25, -0.2) is 9.97 Å². The molecule has 1 amide bonds. The smallest absolute Gasteiger partial charge is 0.269 e. The fraction of sp³-hybridized carbons (Fsp3) is 0.261. The minimum absolute atomic E-state index is 0.260. The van der Waals surface area contributed by atoms with Gasteiger partial charge in [-0.1, -0.05) is 12.1 Å². The quantitative estimate of drug-likeness (QED) is 0.553. The molecule has 4 rings (SSSR count). The van der Waals surface area contributed by atoms with E-state index in [1.54, 1.807) is 6.07 Å². The summed E-state index contributed by atoms with van der Waals surface area (Å²) in [6.45, 7) is 6.46. The third kappa shape index (κ3) is 4.85. The second-order valence-electron chi connectivity index (χ2n) is 7.22. The first kappa shape index (κ1) is 20.5. The maximum absolute atomic E-state index is 12.7. The molecule has 2 aromatic carbocycles. The molecule has 160 valence electrons. The molecule has 31 heavy (non-hydrogen) atoms. The zero-order chi connectivity index (χ0) is 21.8. The SMILES string of the molecule is CCNc1cc(Nc2ccc(NC(=O)C3Oc4ccccc4OC3C)cc2)nc(C)n1. The summed E-state index contributed by atoms with van der Waals surface area (Å²) in [4.78, 5) is 21.5. The molecular formula is C23H25N5O3. The Morgan fingerprint density at radius 2 is 1.61 bits per heavy atom. The van der Waals surface area contributed by atoms with Crippen molar-refractivity contribution in [2.24, 2.45) is 0 Å². The Hall–Kier alpha value is -3.81. The highest BCUT2D eigenvalue weighted by molar-refractivity contribution is 5.95. The normalized spacial score (nSPS) is 17.0. The summed E-state index contributed by atoms with van der Waals surface area (Å²) in [5, 5.41) is 9.33. The Balaban J connectivity index is 1.40. The Kier molecular flexibility index (Phi) is 5.88. The number of carbonyl (C=O) groups excluding carboxylic acids is 1. The lowest BCUT2D eigenvalue weighted by Crippen LogP contribution is -2.46. The topological polar surface area (TPSA) is 97.4 Å². The van der Waals surface area contributed by atoms with Gasteiger partial charge in [-0.05, 0) is 57.2 Å². The molecule has 0 saturated heterocycles. The van der Waals surface area contributed by atoms with Gasteiger partial charge in [0.2, 0.25) is 6.10 Å². The van der Waals surface area contributed by atoms with Crippen LogP contribution in [-0.4, -0.2) is 34.6 Å². The van der Waals surface area contributed by atoms with Crippen LogP contribution in [-0.2, 0) is 4.79 Å². The number of nitrogens with one attached hydrogen (secondary N) is 3. The summed E-state index contributed by atoms with van der Waals surface area (Å²) in [6, 6.07) is 16.6. The van der Waals surface area contributed by atoms with Gasteiger partial charge < -0.3 is 25.4 Å². The predicted octanol–water partition coefficient (Wildman–Crippen LogP) is 4.13. The summed E-state index contributed by atoms with van der Waals surface area (Å²) in [7, 11) is 0. The summed E-state index contributed by atoms with van der Waals surface area (Å²) >= 11 is 0. The maximum atomic E-state index is 12.7. The van der Waals surface area contributed by atoms with Crippen LogP contribution in [0.1, 0.15) is 19.7 Å². The van der Waals surface area contributed by atoms with Gasteiger partial charge in [0, 0.05) is 24.0 Å². The van der Waals surface area contributed by atoms with E-state index in [9.17, 15) is 4.79 Å². The lowest BCUT2D eigenvalue weighted by molar-refractivity contribution is -0.128. The van der Waals surface area contributed by atoms with Crippen LogP contribution in [0.3, 0.4) is 0 Å². The number of rotatable bonds is 6. The molecule has 2 heterocycles. The van der Waals surface area contributed by atoms with Gasteiger partial charge in [0.25, 0.3) is 5.91 Å². The molecule has 0 aliphatic carbocycles. The van der Waals surface area contributed by atoms with Gasteiger partial charge in [-0.3, -0.25) is 4.79 Å². The molecule has 8 heteroatoms. The van der Waals surface area contributed by atoms with Gasteiger partial charge >= 0.3 is 0 Å². The molecule has 1 aromatic heterocycles. The Morgan fingerprint density at radius 3 is 2.32 bits per heavy atom. The second kappa shape index (κ2) is 8.91. The third-order valence-corrected chi connectivity index (χ3v) is 4.72. The molecule has 2 atom stereocenters. The molecule has 0 fully saturated rings. The molecule has 0 radical (unpaired) electrons. The minimum Gasteiger partial charge on any atom is -0.482 e. The van der Waals surface area contributed by atoms with Crippen molar-refractivity contribution in [3.63, 3.8) is 0 Å². The number of carbonyl (C=O) groups is 1. The van der Waals surface area contributed by atoms with Gasteiger partial charge in [0.1, 0.15) is 23.6 Å². The molecule has 0 spiro atoms. The van der Waals surface area contributed by atoms with Crippen LogP contribution >= 0.6 is 0 Å². The number of para-hydroxylation sites is 2. The first-order chi connectivity index (χ1) is 15.0. The Labute approximate surface area is 181 Å². The third-order valence-electron chi connectivity index (χ3n) is 4.72. The molecule has 3 N–H and O–H groups in total. The average molecular weight is 419 g/mol. The number of aromatic nitrogens is 2. The van der Waals surface area contributed by atoms with E-state index in [1.165, 1.54) is 0 Å². The van der Waals surface area contributed by atoms with Crippen molar-refractivity contribution in [2.45, 2.75) is 33.0 Å². The van der Waals surface area contributed by atoms with E-state index < -0.39 is 12.2 Å². The molecule has 8 nitrogen and oxygen atoms in total. The van der Waals surface area contributed by atoms with Gasteiger partial charge in [0.15, 0.2) is 11.5 Å². The fourth-order valence-electron chi connectivity index (χ4n) is 3.31. The van der Waals surface area contributed by atoms with E-state index in [4.69, 9.17) is 9.47 Å².